The van der Waals surface area contributed by atoms with Gasteiger partial charge < -0.3 is 29.2 Å². The summed E-state index contributed by atoms with van der Waals surface area (Å²) in [4.78, 5) is 60.4. The molecule has 6 rings (SSSR count). The van der Waals surface area contributed by atoms with E-state index in [4.69, 9.17) is 23.9 Å². The van der Waals surface area contributed by atoms with E-state index in [2.05, 4.69) is 17.2 Å². The first kappa shape index (κ1) is 31.7. The molecule has 1 saturated carbocycles. The lowest BCUT2D eigenvalue weighted by molar-refractivity contribution is -0.152. The van der Waals surface area contributed by atoms with Crippen LogP contribution in [0.4, 0.5) is 4.79 Å². The van der Waals surface area contributed by atoms with E-state index in [-0.39, 0.29) is 48.4 Å². The summed E-state index contributed by atoms with van der Waals surface area (Å²) in [6.07, 6.45) is 2.39. The fraction of sp³-hybridized carbons (Fsp3) is 0.618. The Morgan fingerprint density at radius 1 is 1.07 bits per heavy atom. The van der Waals surface area contributed by atoms with Crippen molar-refractivity contribution in [1.82, 2.24) is 19.8 Å². The van der Waals surface area contributed by atoms with E-state index < -0.39 is 41.6 Å². The minimum Gasteiger partial charge on any atom is -0.497 e. The molecule has 1 aromatic carbocycles. The highest BCUT2D eigenvalue weighted by Gasteiger charge is 2.49. The summed E-state index contributed by atoms with van der Waals surface area (Å²) in [5.41, 5.74) is -0.528. The van der Waals surface area contributed by atoms with Crippen molar-refractivity contribution < 1.29 is 33.3 Å². The van der Waals surface area contributed by atoms with E-state index in [0.717, 1.165) is 19.3 Å². The number of aromatic nitrogens is 2. The highest BCUT2D eigenvalue weighted by atomic mass is 16.6. The molecule has 1 N–H and O–H groups in total. The number of methoxy groups -OCH3 is 2. The minimum atomic E-state index is -0.998. The Morgan fingerprint density at radius 3 is 2.57 bits per heavy atom. The first-order valence-corrected chi connectivity index (χ1v) is 16.1. The van der Waals surface area contributed by atoms with Gasteiger partial charge in [-0.1, -0.05) is 45.5 Å². The van der Waals surface area contributed by atoms with E-state index in [1.165, 1.54) is 12.0 Å². The molecular formula is C34H42N4O8. The molecule has 2 fully saturated rings. The van der Waals surface area contributed by atoms with Gasteiger partial charge in [-0.3, -0.25) is 14.2 Å². The second-order valence-electron chi connectivity index (χ2n) is 13.8. The normalized spacial score (nSPS) is 29.7. The van der Waals surface area contributed by atoms with Crippen LogP contribution in [-0.2, 0) is 25.6 Å². The summed E-state index contributed by atoms with van der Waals surface area (Å²) in [7, 11) is 2.81. The third kappa shape index (κ3) is 5.99. The number of hydrogen-bond donors (Lipinski definition) is 1. The van der Waals surface area contributed by atoms with Gasteiger partial charge in [0.25, 0.3) is 11.6 Å². The fourth-order valence-electron chi connectivity index (χ4n) is 7.23. The molecule has 0 radical (unpaired) electrons. The van der Waals surface area contributed by atoms with E-state index in [9.17, 15) is 19.2 Å². The molecule has 0 spiro atoms. The first-order chi connectivity index (χ1) is 22.0. The number of ether oxygens (including phenoxy) is 4. The molecule has 0 unspecified atom stereocenters. The van der Waals surface area contributed by atoms with Gasteiger partial charge in [-0.15, -0.1) is 0 Å². The SMILES string of the molecule is COC(=O)[C@@H]1C[C@@H]2CN1C(=O)[C@H](C(C)(C)C)NC(=O)O[C@@H]1C[C@@H]3C#C[C@@H]3[C@H]1CCCCCn1c(nc3cc(OC)ccc3c1=O)O2. The molecule has 2 amide bonds. The maximum atomic E-state index is 14.2. The van der Waals surface area contributed by atoms with Gasteiger partial charge in [-0.25, -0.2) is 9.59 Å². The summed E-state index contributed by atoms with van der Waals surface area (Å²) >= 11 is 0. The van der Waals surface area contributed by atoms with Crippen molar-refractivity contribution in [3.05, 3.63) is 28.6 Å². The molecule has 246 valence electrons. The number of rotatable bonds is 2. The summed E-state index contributed by atoms with van der Waals surface area (Å²) in [5, 5.41) is 3.27. The van der Waals surface area contributed by atoms with Gasteiger partial charge >= 0.3 is 12.1 Å². The zero-order chi connectivity index (χ0) is 32.7. The van der Waals surface area contributed by atoms with E-state index >= 15 is 0 Å². The van der Waals surface area contributed by atoms with Crippen molar-refractivity contribution in [2.24, 2.45) is 23.2 Å². The minimum absolute atomic E-state index is 0.0271. The van der Waals surface area contributed by atoms with Gasteiger partial charge in [0, 0.05) is 36.8 Å². The largest absolute Gasteiger partial charge is 0.497 e. The highest BCUT2D eigenvalue weighted by molar-refractivity contribution is 5.91. The Balaban J connectivity index is 1.38. The van der Waals surface area contributed by atoms with Gasteiger partial charge in [-0.05, 0) is 36.8 Å². The number of benzene rings is 1. The van der Waals surface area contributed by atoms with Crippen LogP contribution >= 0.6 is 0 Å². The Bertz CT molecular complexity index is 1650. The number of carbonyl (C=O) groups is 3. The van der Waals surface area contributed by atoms with Gasteiger partial charge in [0.2, 0.25) is 5.91 Å². The lowest BCUT2D eigenvalue weighted by atomic mass is 9.81. The Kier molecular flexibility index (Phi) is 8.61. The summed E-state index contributed by atoms with van der Waals surface area (Å²) in [6.45, 7) is 5.94. The molecule has 12 nitrogen and oxygen atoms in total. The number of carbonyl (C=O) groups excluding carboxylic acids is 3. The average molecular weight is 635 g/mol. The second-order valence-corrected chi connectivity index (χ2v) is 13.8. The molecule has 4 aliphatic rings. The third-order valence-corrected chi connectivity index (χ3v) is 9.77. The van der Waals surface area contributed by atoms with Crippen molar-refractivity contribution in [3.63, 3.8) is 0 Å². The molecule has 7 atom stereocenters. The first-order valence-electron chi connectivity index (χ1n) is 16.1. The molecule has 2 bridgehead atoms. The van der Waals surface area contributed by atoms with E-state index in [1.807, 2.05) is 20.8 Å². The molecule has 3 heterocycles. The maximum Gasteiger partial charge on any atom is 0.408 e. The molecule has 2 aromatic rings. The van der Waals surface area contributed by atoms with Crippen LogP contribution < -0.4 is 20.3 Å². The summed E-state index contributed by atoms with van der Waals surface area (Å²) < 4.78 is 24.3. The van der Waals surface area contributed by atoms with Gasteiger partial charge in [0.15, 0.2) is 0 Å². The van der Waals surface area contributed by atoms with Crippen molar-refractivity contribution in [1.29, 1.82) is 0 Å². The Morgan fingerprint density at radius 2 is 1.87 bits per heavy atom. The van der Waals surface area contributed by atoms with Crippen LogP contribution in [0.2, 0.25) is 0 Å². The standard InChI is InChI=1S/C34H42N4O8/c1-34(2,3)28-30(40)38-18-21(17-26(38)31(41)44-5)45-32-35-25-16-20(43-4)11-13-24(25)29(39)37(32)14-8-6-7-9-23-22-12-10-19(22)15-27(23)46-33(42)36-28/h11,13,16,19,21-23,26-28H,6-9,14-15,17-18H2,1-5H3,(H,36,42)/t19-,21+,22-,23+,26-,27+,28+/m0/s1. The van der Waals surface area contributed by atoms with E-state index in [1.54, 1.807) is 29.9 Å². The molecule has 12 heteroatoms. The number of amides is 2. The summed E-state index contributed by atoms with van der Waals surface area (Å²) in [6, 6.07) is 3.27. The third-order valence-electron chi connectivity index (χ3n) is 9.77. The van der Waals surface area contributed by atoms with Crippen molar-refractivity contribution in [3.8, 4) is 23.6 Å². The zero-order valence-electron chi connectivity index (χ0n) is 27.0. The van der Waals surface area contributed by atoms with Crippen LogP contribution in [0.15, 0.2) is 23.0 Å². The Labute approximate surface area is 268 Å². The van der Waals surface area contributed by atoms with Crippen LogP contribution in [0.5, 0.6) is 11.8 Å². The van der Waals surface area contributed by atoms with Crippen LogP contribution in [0.3, 0.4) is 0 Å². The lowest BCUT2D eigenvalue weighted by Gasteiger charge is -2.35. The maximum absolute atomic E-state index is 14.2. The summed E-state index contributed by atoms with van der Waals surface area (Å²) in [5.74, 6) is 6.48. The molecular weight excluding hydrogens is 592 g/mol. The monoisotopic (exact) mass is 634 g/mol. The molecule has 2 aliphatic heterocycles. The topological polar surface area (TPSA) is 138 Å². The highest BCUT2D eigenvalue weighted by Crippen LogP contribution is 2.45. The van der Waals surface area contributed by atoms with Crippen molar-refractivity contribution in [2.75, 3.05) is 20.8 Å². The second kappa shape index (κ2) is 12.5. The van der Waals surface area contributed by atoms with E-state index in [0.29, 0.717) is 36.0 Å². The van der Waals surface area contributed by atoms with Crippen LogP contribution in [0, 0.1) is 35.0 Å². The predicted molar refractivity (Wildman–Crippen MR) is 167 cm³/mol. The van der Waals surface area contributed by atoms with Gasteiger partial charge in [-0.2, -0.15) is 4.98 Å². The average Bonchev–Trinajstić information content (AvgIpc) is 3.52. The molecule has 1 saturated heterocycles. The lowest BCUT2D eigenvalue weighted by Crippen LogP contribution is -2.57. The molecule has 2 aliphatic carbocycles. The van der Waals surface area contributed by atoms with Crippen molar-refractivity contribution in [2.45, 2.75) is 90.1 Å². The zero-order valence-corrected chi connectivity index (χ0v) is 27.0. The molecule has 46 heavy (non-hydrogen) atoms. The van der Waals surface area contributed by atoms with Crippen LogP contribution in [0.1, 0.15) is 59.3 Å². The van der Waals surface area contributed by atoms with Crippen LogP contribution in [-0.4, -0.2) is 77.5 Å². The van der Waals surface area contributed by atoms with Crippen molar-refractivity contribution >= 4 is 28.9 Å². The number of nitrogens with one attached hydrogen (secondary N) is 1. The quantitative estimate of drug-likeness (QED) is 0.390. The number of fused-ring (bicyclic) bond motifs is 7. The fourth-order valence-corrected chi connectivity index (χ4v) is 7.23. The number of alkyl carbamates (subject to hydrolysis) is 1. The van der Waals surface area contributed by atoms with Gasteiger partial charge in [0.1, 0.15) is 30.0 Å². The number of nitrogens with zero attached hydrogens (tertiary/aromatic N) is 3. The molecule has 1 aromatic heterocycles. The predicted octanol–water partition coefficient (Wildman–Crippen LogP) is 3.28. The van der Waals surface area contributed by atoms with Crippen LogP contribution in [0.25, 0.3) is 10.9 Å². The Hall–Kier alpha value is -4.27. The van der Waals surface area contributed by atoms with Gasteiger partial charge in [0.05, 0.1) is 31.7 Å². The number of hydrogen-bond acceptors (Lipinski definition) is 9. The smallest absolute Gasteiger partial charge is 0.408 e. The number of esters is 1.